The molecule has 118 valence electrons. The van der Waals surface area contributed by atoms with Gasteiger partial charge in [0, 0.05) is 39.8 Å². The van der Waals surface area contributed by atoms with Gasteiger partial charge in [0.15, 0.2) is 0 Å². The molecule has 0 spiro atoms. The lowest BCUT2D eigenvalue weighted by atomic mass is 10.3. The van der Waals surface area contributed by atoms with E-state index in [0.29, 0.717) is 30.3 Å². The van der Waals surface area contributed by atoms with Crippen molar-refractivity contribution >= 4 is 10.0 Å². The summed E-state index contributed by atoms with van der Waals surface area (Å²) < 4.78 is 36.7. The van der Waals surface area contributed by atoms with Gasteiger partial charge in [0.05, 0.1) is 18.6 Å². The second kappa shape index (κ2) is 7.22. The molecule has 0 radical (unpaired) electrons. The van der Waals surface area contributed by atoms with E-state index in [2.05, 4.69) is 4.90 Å². The molecule has 0 aliphatic carbocycles. The molecule has 0 bridgehead atoms. The first-order chi connectivity index (χ1) is 10.1. The molecule has 1 aliphatic heterocycles. The average Bonchev–Trinajstić information content (AvgIpc) is 2.53. The third-order valence-corrected chi connectivity index (χ3v) is 5.55. The van der Waals surface area contributed by atoms with Gasteiger partial charge < -0.3 is 9.47 Å². The molecule has 1 fully saturated rings. The highest BCUT2D eigenvalue weighted by Crippen LogP contribution is 2.20. The van der Waals surface area contributed by atoms with Crippen molar-refractivity contribution in [1.29, 1.82) is 0 Å². The lowest BCUT2D eigenvalue weighted by Gasteiger charge is -2.33. The van der Waals surface area contributed by atoms with Crippen LogP contribution < -0.4 is 4.74 Å². The minimum atomic E-state index is -3.41. The summed E-state index contributed by atoms with van der Waals surface area (Å²) >= 11 is 0. The number of sulfonamides is 1. The second-order valence-corrected chi connectivity index (χ2v) is 6.85. The zero-order chi connectivity index (χ0) is 15.3. The van der Waals surface area contributed by atoms with Crippen LogP contribution in [-0.4, -0.2) is 71.2 Å². The van der Waals surface area contributed by atoms with Gasteiger partial charge in [-0.25, -0.2) is 8.42 Å². The van der Waals surface area contributed by atoms with E-state index < -0.39 is 10.0 Å². The van der Waals surface area contributed by atoms with Crippen LogP contribution in [0.4, 0.5) is 0 Å². The number of rotatable bonds is 6. The van der Waals surface area contributed by atoms with Gasteiger partial charge in [0.25, 0.3) is 0 Å². The Labute approximate surface area is 126 Å². The summed E-state index contributed by atoms with van der Waals surface area (Å²) in [4.78, 5) is 2.53. The molecule has 0 aromatic heterocycles. The van der Waals surface area contributed by atoms with E-state index in [1.165, 1.54) is 4.31 Å². The number of ether oxygens (including phenoxy) is 2. The van der Waals surface area contributed by atoms with Gasteiger partial charge in [0.2, 0.25) is 10.0 Å². The van der Waals surface area contributed by atoms with Crippen LogP contribution in [0.5, 0.6) is 5.75 Å². The highest BCUT2D eigenvalue weighted by molar-refractivity contribution is 7.89. The minimum absolute atomic E-state index is 0.314. The molecule has 1 saturated heterocycles. The van der Waals surface area contributed by atoms with Crippen LogP contribution in [-0.2, 0) is 14.8 Å². The normalized spacial score (nSPS) is 17.8. The van der Waals surface area contributed by atoms with Gasteiger partial charge in [-0.2, -0.15) is 4.31 Å². The third-order valence-electron chi connectivity index (χ3n) is 3.64. The molecule has 6 nitrogen and oxygen atoms in total. The molecular weight excluding hydrogens is 292 g/mol. The van der Waals surface area contributed by atoms with E-state index in [1.54, 1.807) is 38.5 Å². The summed E-state index contributed by atoms with van der Waals surface area (Å²) in [6.07, 6.45) is 0. The standard InChI is InChI=1S/C14H22N2O4S/c1-19-12-11-15-7-9-16(10-8-15)21(17,18)14-5-3-13(20-2)4-6-14/h3-6H,7-12H2,1-2H3. The van der Waals surface area contributed by atoms with E-state index in [9.17, 15) is 8.42 Å². The molecule has 1 aromatic rings. The van der Waals surface area contributed by atoms with Crippen LogP contribution in [0.1, 0.15) is 0 Å². The van der Waals surface area contributed by atoms with Crippen LogP contribution in [0, 0.1) is 0 Å². The van der Waals surface area contributed by atoms with E-state index in [4.69, 9.17) is 9.47 Å². The van der Waals surface area contributed by atoms with E-state index >= 15 is 0 Å². The molecule has 7 heteroatoms. The zero-order valence-electron chi connectivity index (χ0n) is 12.5. The summed E-state index contributed by atoms with van der Waals surface area (Å²) in [5, 5.41) is 0. The third kappa shape index (κ3) is 3.94. The second-order valence-electron chi connectivity index (χ2n) is 4.91. The fraction of sp³-hybridized carbons (Fsp3) is 0.571. The van der Waals surface area contributed by atoms with Crippen LogP contribution in [0.15, 0.2) is 29.2 Å². The van der Waals surface area contributed by atoms with Crippen molar-refractivity contribution in [2.24, 2.45) is 0 Å². The summed E-state index contributed by atoms with van der Waals surface area (Å²) in [5.74, 6) is 0.651. The van der Waals surface area contributed by atoms with E-state index in [0.717, 1.165) is 19.6 Å². The van der Waals surface area contributed by atoms with Crippen LogP contribution in [0.25, 0.3) is 0 Å². The first kappa shape index (κ1) is 16.2. The molecule has 0 amide bonds. The zero-order valence-corrected chi connectivity index (χ0v) is 13.3. The van der Waals surface area contributed by atoms with Gasteiger partial charge >= 0.3 is 0 Å². The Morgan fingerprint density at radius 1 is 1.05 bits per heavy atom. The van der Waals surface area contributed by atoms with Crippen LogP contribution in [0.2, 0.25) is 0 Å². The van der Waals surface area contributed by atoms with Gasteiger partial charge in [-0.05, 0) is 24.3 Å². The molecule has 1 aromatic carbocycles. The maximum atomic E-state index is 12.5. The molecule has 21 heavy (non-hydrogen) atoms. The summed E-state index contributed by atoms with van der Waals surface area (Å²) in [6.45, 7) is 4.01. The highest BCUT2D eigenvalue weighted by atomic mass is 32.2. The quantitative estimate of drug-likeness (QED) is 0.771. The molecule has 0 saturated carbocycles. The van der Waals surface area contributed by atoms with Crippen molar-refractivity contribution < 1.29 is 17.9 Å². The highest BCUT2D eigenvalue weighted by Gasteiger charge is 2.28. The predicted molar refractivity (Wildman–Crippen MR) is 80.1 cm³/mol. The number of hydrogen-bond donors (Lipinski definition) is 0. The SMILES string of the molecule is COCCN1CCN(S(=O)(=O)c2ccc(OC)cc2)CC1. The maximum absolute atomic E-state index is 12.5. The monoisotopic (exact) mass is 314 g/mol. The first-order valence-corrected chi connectivity index (χ1v) is 8.37. The van der Waals surface area contributed by atoms with Crippen molar-refractivity contribution in [2.75, 3.05) is 53.6 Å². The van der Waals surface area contributed by atoms with E-state index in [1.807, 2.05) is 0 Å². The smallest absolute Gasteiger partial charge is 0.243 e. The van der Waals surface area contributed by atoms with Gasteiger partial charge in [-0.15, -0.1) is 0 Å². The van der Waals surface area contributed by atoms with Gasteiger partial charge in [-0.3, -0.25) is 4.90 Å². The molecule has 0 N–H and O–H groups in total. The molecule has 1 aliphatic rings. The van der Waals surface area contributed by atoms with E-state index in [-0.39, 0.29) is 0 Å². The van der Waals surface area contributed by atoms with Crippen molar-refractivity contribution in [2.45, 2.75) is 4.90 Å². The summed E-state index contributed by atoms with van der Waals surface area (Å²) in [7, 11) is -0.182. The Morgan fingerprint density at radius 3 is 2.19 bits per heavy atom. The number of nitrogens with zero attached hydrogens (tertiary/aromatic N) is 2. The predicted octanol–water partition coefficient (Wildman–Crippen LogP) is 0.648. The maximum Gasteiger partial charge on any atom is 0.243 e. The Hall–Kier alpha value is -1.15. The first-order valence-electron chi connectivity index (χ1n) is 6.93. The van der Waals surface area contributed by atoms with Crippen LogP contribution >= 0.6 is 0 Å². The number of hydrogen-bond acceptors (Lipinski definition) is 5. The van der Waals surface area contributed by atoms with Gasteiger partial charge in [0.1, 0.15) is 5.75 Å². The average molecular weight is 314 g/mol. The fourth-order valence-corrected chi connectivity index (χ4v) is 3.73. The molecule has 0 unspecified atom stereocenters. The molecule has 2 rings (SSSR count). The Bertz CT molecular complexity index is 537. The van der Waals surface area contributed by atoms with Gasteiger partial charge in [-0.1, -0.05) is 0 Å². The fourth-order valence-electron chi connectivity index (χ4n) is 2.31. The lowest BCUT2D eigenvalue weighted by molar-refractivity contribution is 0.123. The number of piperazine rings is 1. The molecule has 1 heterocycles. The molecular formula is C14H22N2O4S. The summed E-state index contributed by atoms with van der Waals surface area (Å²) in [5.41, 5.74) is 0. The molecule has 0 atom stereocenters. The topological polar surface area (TPSA) is 59.1 Å². The lowest BCUT2D eigenvalue weighted by Crippen LogP contribution is -2.49. The minimum Gasteiger partial charge on any atom is -0.497 e. The number of benzene rings is 1. The van der Waals surface area contributed by atoms with Crippen molar-refractivity contribution in [3.63, 3.8) is 0 Å². The van der Waals surface area contributed by atoms with Crippen molar-refractivity contribution in [3.8, 4) is 5.75 Å². The van der Waals surface area contributed by atoms with Crippen molar-refractivity contribution in [3.05, 3.63) is 24.3 Å². The summed E-state index contributed by atoms with van der Waals surface area (Å²) in [6, 6.07) is 6.51. The largest absolute Gasteiger partial charge is 0.497 e. The van der Waals surface area contributed by atoms with Crippen LogP contribution in [0.3, 0.4) is 0 Å². The van der Waals surface area contributed by atoms with Crippen molar-refractivity contribution in [1.82, 2.24) is 9.21 Å². The Kier molecular flexibility index (Phi) is 5.58. The Balaban J connectivity index is 2.00. The number of methoxy groups -OCH3 is 2. The Morgan fingerprint density at radius 2 is 1.67 bits per heavy atom.